The van der Waals surface area contributed by atoms with Crippen LogP contribution in [0.25, 0.3) is 22.1 Å². The van der Waals surface area contributed by atoms with Crippen molar-refractivity contribution in [3.8, 4) is 0 Å². The molecule has 34 heavy (non-hydrogen) atoms. The average Bonchev–Trinajstić information content (AvgIpc) is 3.38. The second-order valence-electron chi connectivity index (χ2n) is 9.01. The Morgan fingerprint density at radius 3 is 2.53 bits per heavy atom. The number of rotatable bonds is 7. The fourth-order valence-corrected chi connectivity index (χ4v) is 4.43. The summed E-state index contributed by atoms with van der Waals surface area (Å²) in [6, 6.07) is 25.1. The molecule has 5 aromatic rings. The van der Waals surface area contributed by atoms with Gasteiger partial charge in [0.15, 0.2) is 17.7 Å². The lowest BCUT2D eigenvalue weighted by Crippen LogP contribution is -2.43. The predicted octanol–water partition coefficient (Wildman–Crippen LogP) is 4.61. The van der Waals surface area contributed by atoms with E-state index in [1.807, 2.05) is 59.2 Å². The molecular formula is C27H29N6O+. The van der Waals surface area contributed by atoms with E-state index in [9.17, 15) is 4.79 Å². The molecule has 2 heterocycles. The maximum Gasteiger partial charge on any atom is 0.273 e. The highest BCUT2D eigenvalue weighted by atomic mass is 16.1. The summed E-state index contributed by atoms with van der Waals surface area (Å²) in [5.74, 6) is 1.71. The summed E-state index contributed by atoms with van der Waals surface area (Å²) in [6.45, 7) is 4.80. The third-order valence-corrected chi connectivity index (χ3v) is 6.02. The minimum atomic E-state index is -0.196. The molecular weight excluding hydrogens is 424 g/mol. The van der Waals surface area contributed by atoms with Gasteiger partial charge >= 0.3 is 0 Å². The number of carbonyl (C=O) groups is 1. The van der Waals surface area contributed by atoms with Crippen LogP contribution in [0.5, 0.6) is 0 Å². The maximum atomic E-state index is 13.0. The Bertz CT molecular complexity index is 1450. The van der Waals surface area contributed by atoms with Gasteiger partial charge < -0.3 is 5.73 Å². The number of amides is 1. The number of anilines is 1. The monoisotopic (exact) mass is 453 g/mol. The highest BCUT2D eigenvalue weighted by Crippen LogP contribution is 2.22. The SMILES string of the molecule is CC(C)CC(N)c1[nH]c2ccccc2[n+]1Cn1c(NC(=O)c2ccccc2)nc2ccccc21. The van der Waals surface area contributed by atoms with Crippen molar-refractivity contribution in [2.45, 2.75) is 33.0 Å². The number of nitrogens with zero attached hydrogens (tertiary/aromatic N) is 3. The maximum absolute atomic E-state index is 13.0. The number of aromatic amines is 1. The van der Waals surface area contributed by atoms with Crippen molar-refractivity contribution in [2.24, 2.45) is 11.7 Å². The summed E-state index contributed by atoms with van der Waals surface area (Å²) in [7, 11) is 0. The lowest BCUT2D eigenvalue weighted by molar-refractivity contribution is -0.684. The number of hydrogen-bond acceptors (Lipinski definition) is 3. The molecule has 7 heteroatoms. The molecule has 0 radical (unpaired) electrons. The number of H-pyrrole nitrogens is 1. The topological polar surface area (TPSA) is 92.6 Å². The minimum Gasteiger partial charge on any atom is -0.318 e. The number of aromatic nitrogens is 4. The van der Waals surface area contributed by atoms with Crippen molar-refractivity contribution < 1.29 is 9.36 Å². The summed E-state index contributed by atoms with van der Waals surface area (Å²) in [4.78, 5) is 21.2. The van der Waals surface area contributed by atoms with Gasteiger partial charge in [-0.05, 0) is 48.7 Å². The second-order valence-corrected chi connectivity index (χ2v) is 9.01. The minimum absolute atomic E-state index is 0.149. The number of imidazole rings is 2. The van der Waals surface area contributed by atoms with Crippen molar-refractivity contribution in [3.05, 3.63) is 90.3 Å². The van der Waals surface area contributed by atoms with E-state index in [0.717, 1.165) is 34.3 Å². The molecule has 0 aliphatic rings. The Morgan fingerprint density at radius 2 is 1.74 bits per heavy atom. The van der Waals surface area contributed by atoms with Crippen LogP contribution < -0.4 is 15.6 Å². The van der Waals surface area contributed by atoms with Gasteiger partial charge in [0.1, 0.15) is 6.04 Å². The van der Waals surface area contributed by atoms with E-state index < -0.39 is 0 Å². The smallest absolute Gasteiger partial charge is 0.273 e. The lowest BCUT2D eigenvalue weighted by Gasteiger charge is -2.13. The van der Waals surface area contributed by atoms with Crippen molar-refractivity contribution in [3.63, 3.8) is 0 Å². The third kappa shape index (κ3) is 4.18. The number of hydrogen-bond donors (Lipinski definition) is 3. The zero-order valence-electron chi connectivity index (χ0n) is 19.4. The Kier molecular flexibility index (Phi) is 5.86. The van der Waals surface area contributed by atoms with E-state index in [2.05, 4.69) is 40.8 Å². The molecule has 1 atom stereocenters. The highest BCUT2D eigenvalue weighted by molar-refractivity contribution is 6.04. The number of carbonyl (C=O) groups excluding carboxylic acids is 1. The van der Waals surface area contributed by atoms with Crippen molar-refractivity contribution in [1.82, 2.24) is 14.5 Å². The van der Waals surface area contributed by atoms with Gasteiger partial charge in [0.25, 0.3) is 11.7 Å². The van der Waals surface area contributed by atoms with Gasteiger partial charge in [0, 0.05) is 5.56 Å². The van der Waals surface area contributed by atoms with Crippen LogP contribution >= 0.6 is 0 Å². The Morgan fingerprint density at radius 1 is 1.03 bits per heavy atom. The number of nitrogens with one attached hydrogen (secondary N) is 2. The summed E-state index contributed by atoms with van der Waals surface area (Å²) in [6.07, 6.45) is 0.856. The van der Waals surface area contributed by atoms with Crippen LogP contribution in [-0.4, -0.2) is 20.4 Å². The molecule has 0 bridgehead atoms. The summed E-state index contributed by atoms with van der Waals surface area (Å²) < 4.78 is 4.22. The van der Waals surface area contributed by atoms with E-state index >= 15 is 0 Å². The summed E-state index contributed by atoms with van der Waals surface area (Å²) in [5.41, 5.74) is 11.1. The first-order valence-corrected chi connectivity index (χ1v) is 11.6. The van der Waals surface area contributed by atoms with E-state index in [0.29, 0.717) is 24.1 Å². The second kappa shape index (κ2) is 9.11. The Balaban J connectivity index is 1.60. The molecule has 2 aromatic heterocycles. The molecule has 1 unspecified atom stereocenters. The van der Waals surface area contributed by atoms with Crippen molar-refractivity contribution >= 4 is 33.9 Å². The van der Waals surface area contributed by atoms with Crippen molar-refractivity contribution in [1.29, 1.82) is 0 Å². The molecule has 0 fully saturated rings. The molecule has 0 saturated heterocycles. The molecule has 0 aliphatic heterocycles. The molecule has 3 aromatic carbocycles. The van der Waals surface area contributed by atoms with E-state index in [-0.39, 0.29) is 11.9 Å². The molecule has 0 saturated carbocycles. The first-order chi connectivity index (χ1) is 16.5. The van der Waals surface area contributed by atoms with Gasteiger partial charge in [0.2, 0.25) is 5.95 Å². The van der Waals surface area contributed by atoms with E-state index in [1.165, 1.54) is 0 Å². The fourth-order valence-electron chi connectivity index (χ4n) is 4.43. The molecule has 0 spiro atoms. The third-order valence-electron chi connectivity index (χ3n) is 6.02. The molecule has 172 valence electrons. The van der Waals surface area contributed by atoms with Crippen LogP contribution in [0, 0.1) is 5.92 Å². The first kappa shape index (κ1) is 21.9. The van der Waals surface area contributed by atoms with Crippen LogP contribution in [0.15, 0.2) is 78.9 Å². The number of fused-ring (bicyclic) bond motifs is 2. The molecule has 5 rings (SSSR count). The quantitative estimate of drug-likeness (QED) is 0.314. The molecule has 1 amide bonds. The highest BCUT2D eigenvalue weighted by Gasteiger charge is 2.26. The average molecular weight is 454 g/mol. The first-order valence-electron chi connectivity index (χ1n) is 11.6. The van der Waals surface area contributed by atoms with Gasteiger partial charge in [-0.25, -0.2) is 14.5 Å². The number of benzene rings is 3. The largest absolute Gasteiger partial charge is 0.318 e. The zero-order chi connectivity index (χ0) is 23.7. The van der Waals surface area contributed by atoms with Crippen LogP contribution in [0.1, 0.15) is 42.5 Å². The van der Waals surface area contributed by atoms with Crippen LogP contribution in [0.4, 0.5) is 5.95 Å². The Hall–Kier alpha value is -3.97. The van der Waals surface area contributed by atoms with Gasteiger partial charge in [-0.2, -0.15) is 0 Å². The number of nitrogens with two attached hydrogens (primary N) is 1. The molecule has 0 aliphatic carbocycles. The summed E-state index contributed by atoms with van der Waals surface area (Å²) >= 11 is 0. The van der Waals surface area contributed by atoms with E-state index in [4.69, 9.17) is 10.7 Å². The van der Waals surface area contributed by atoms with E-state index in [1.54, 1.807) is 12.1 Å². The van der Waals surface area contributed by atoms with Gasteiger partial charge in [-0.15, -0.1) is 0 Å². The van der Waals surface area contributed by atoms with Crippen molar-refractivity contribution in [2.75, 3.05) is 5.32 Å². The van der Waals surface area contributed by atoms with Crippen LogP contribution in [0.2, 0.25) is 0 Å². The Labute approximate surface area is 198 Å². The predicted molar refractivity (Wildman–Crippen MR) is 134 cm³/mol. The van der Waals surface area contributed by atoms with Gasteiger partial charge in [-0.3, -0.25) is 14.7 Å². The summed E-state index contributed by atoms with van der Waals surface area (Å²) in [5, 5.41) is 3.02. The van der Waals surface area contributed by atoms with Crippen LogP contribution in [-0.2, 0) is 6.67 Å². The fraction of sp³-hybridized carbons (Fsp3) is 0.222. The normalized spacial score (nSPS) is 12.5. The molecule has 4 N–H and O–H groups in total. The van der Waals surface area contributed by atoms with Gasteiger partial charge in [0.05, 0.1) is 11.0 Å². The molecule has 7 nitrogen and oxygen atoms in total. The zero-order valence-corrected chi connectivity index (χ0v) is 19.4. The lowest BCUT2D eigenvalue weighted by atomic mass is 10.0. The number of para-hydroxylation sites is 4. The van der Waals surface area contributed by atoms with Crippen LogP contribution in [0.3, 0.4) is 0 Å². The van der Waals surface area contributed by atoms with Gasteiger partial charge in [-0.1, -0.05) is 56.3 Å². The standard InChI is InChI=1S/C27H28N6O/c1-18(2)16-20(28)25-29-21-12-6-8-14-23(21)32(25)17-33-24-15-9-7-13-22(24)30-27(33)31-26(34)19-10-4-3-5-11-19/h3-15,18,20H,16-17,28H2,1-2H3,(H,30,31,34)/p+1.